The summed E-state index contributed by atoms with van der Waals surface area (Å²) in [6, 6.07) is 4.13. The lowest BCUT2D eigenvalue weighted by Crippen LogP contribution is -2.21. The van der Waals surface area contributed by atoms with Crippen LogP contribution in [-0.2, 0) is 4.74 Å². The van der Waals surface area contributed by atoms with Crippen LogP contribution in [0.5, 0.6) is 5.75 Å². The van der Waals surface area contributed by atoms with Gasteiger partial charge in [0.2, 0.25) is 0 Å². The highest BCUT2D eigenvalue weighted by Crippen LogP contribution is 2.28. The van der Waals surface area contributed by atoms with Crippen LogP contribution in [-0.4, -0.2) is 24.9 Å². The van der Waals surface area contributed by atoms with Gasteiger partial charge in [-0.15, -0.1) is 0 Å². The number of hydrogen-bond donors (Lipinski definition) is 2. The largest absolute Gasteiger partial charge is 0.508 e. The van der Waals surface area contributed by atoms with Crippen LogP contribution in [0.15, 0.2) is 18.2 Å². The van der Waals surface area contributed by atoms with Crippen molar-refractivity contribution >= 4 is 0 Å². The van der Waals surface area contributed by atoms with Crippen LogP contribution in [0.4, 0.5) is 4.39 Å². The summed E-state index contributed by atoms with van der Waals surface area (Å²) >= 11 is 0. The first kappa shape index (κ1) is 14.3. The van der Waals surface area contributed by atoms with E-state index in [-0.39, 0.29) is 11.8 Å². The van der Waals surface area contributed by atoms with Gasteiger partial charge in [0, 0.05) is 30.9 Å². The second-order valence-electron chi connectivity index (χ2n) is 5.25. The Balaban J connectivity index is 1.63. The van der Waals surface area contributed by atoms with Gasteiger partial charge in [0.1, 0.15) is 11.6 Å². The van der Waals surface area contributed by atoms with Crippen molar-refractivity contribution < 1.29 is 14.2 Å². The molecule has 1 aromatic rings. The van der Waals surface area contributed by atoms with Crippen molar-refractivity contribution in [3.05, 3.63) is 29.6 Å². The molecule has 106 valence electrons. The van der Waals surface area contributed by atoms with Gasteiger partial charge in [0.25, 0.3) is 0 Å². The van der Waals surface area contributed by atoms with E-state index in [1.54, 1.807) is 6.07 Å². The first-order valence-corrected chi connectivity index (χ1v) is 6.96. The zero-order valence-corrected chi connectivity index (χ0v) is 11.4. The molecule has 0 heterocycles. The third-order valence-corrected chi connectivity index (χ3v) is 3.43. The van der Waals surface area contributed by atoms with Crippen molar-refractivity contribution in [3.63, 3.8) is 0 Å². The molecule has 1 aliphatic rings. The second kappa shape index (κ2) is 6.87. The maximum Gasteiger partial charge on any atom is 0.126 e. The van der Waals surface area contributed by atoms with Crippen molar-refractivity contribution in [2.24, 2.45) is 5.92 Å². The summed E-state index contributed by atoms with van der Waals surface area (Å²) in [7, 11) is 0. The van der Waals surface area contributed by atoms with Gasteiger partial charge in [-0.1, -0.05) is 6.07 Å². The molecule has 3 nitrogen and oxygen atoms in total. The normalized spacial score (nSPS) is 16.5. The summed E-state index contributed by atoms with van der Waals surface area (Å²) in [5, 5.41) is 13.0. The van der Waals surface area contributed by atoms with Gasteiger partial charge in [-0.2, -0.15) is 0 Å². The Morgan fingerprint density at radius 2 is 2.26 bits per heavy atom. The van der Waals surface area contributed by atoms with E-state index in [9.17, 15) is 9.50 Å². The van der Waals surface area contributed by atoms with Gasteiger partial charge in [-0.05, 0) is 44.7 Å². The van der Waals surface area contributed by atoms with Crippen LogP contribution >= 0.6 is 0 Å². The average molecular weight is 267 g/mol. The Labute approximate surface area is 113 Å². The summed E-state index contributed by atoms with van der Waals surface area (Å²) in [4.78, 5) is 0. The van der Waals surface area contributed by atoms with Crippen LogP contribution in [0.3, 0.4) is 0 Å². The molecule has 0 saturated heterocycles. The average Bonchev–Trinajstić information content (AvgIpc) is 3.17. The molecular weight excluding hydrogens is 245 g/mol. The van der Waals surface area contributed by atoms with Crippen molar-refractivity contribution in [2.45, 2.75) is 32.2 Å². The Morgan fingerprint density at radius 3 is 2.95 bits per heavy atom. The van der Waals surface area contributed by atoms with E-state index in [4.69, 9.17) is 4.74 Å². The highest BCUT2D eigenvalue weighted by Gasteiger charge is 2.20. The first-order chi connectivity index (χ1) is 9.16. The summed E-state index contributed by atoms with van der Waals surface area (Å²) in [5.74, 6) is 0.398. The molecule has 19 heavy (non-hydrogen) atoms. The summed E-state index contributed by atoms with van der Waals surface area (Å²) in [5.41, 5.74) is 0.722. The maximum absolute atomic E-state index is 12.9. The molecule has 1 aromatic carbocycles. The van der Waals surface area contributed by atoms with Crippen molar-refractivity contribution in [1.82, 2.24) is 5.32 Å². The first-order valence-electron chi connectivity index (χ1n) is 6.96. The summed E-state index contributed by atoms with van der Waals surface area (Å²) in [6.45, 7) is 4.45. The number of hydrogen-bond acceptors (Lipinski definition) is 3. The number of phenols is 1. The van der Waals surface area contributed by atoms with E-state index >= 15 is 0 Å². The summed E-state index contributed by atoms with van der Waals surface area (Å²) in [6.07, 6.45) is 3.58. The van der Waals surface area contributed by atoms with Gasteiger partial charge >= 0.3 is 0 Å². The van der Waals surface area contributed by atoms with Gasteiger partial charge in [0.05, 0.1) is 0 Å². The number of benzene rings is 1. The molecule has 1 unspecified atom stereocenters. The molecule has 4 heteroatoms. The van der Waals surface area contributed by atoms with Gasteiger partial charge in [0.15, 0.2) is 0 Å². The smallest absolute Gasteiger partial charge is 0.126 e. The molecule has 0 aliphatic heterocycles. The van der Waals surface area contributed by atoms with Crippen LogP contribution in [0.2, 0.25) is 0 Å². The Bertz CT molecular complexity index is 407. The molecule has 2 N–H and O–H groups in total. The number of halogens is 1. The monoisotopic (exact) mass is 267 g/mol. The lowest BCUT2D eigenvalue weighted by atomic mass is 10.1. The quantitative estimate of drug-likeness (QED) is 0.711. The lowest BCUT2D eigenvalue weighted by Gasteiger charge is -2.15. The fourth-order valence-corrected chi connectivity index (χ4v) is 2.02. The minimum absolute atomic E-state index is 0.00373. The van der Waals surface area contributed by atoms with Crippen LogP contribution in [0.1, 0.15) is 37.8 Å². The third kappa shape index (κ3) is 4.80. The fourth-order valence-electron chi connectivity index (χ4n) is 2.02. The topological polar surface area (TPSA) is 41.5 Å². The predicted molar refractivity (Wildman–Crippen MR) is 72.6 cm³/mol. The molecule has 0 aromatic heterocycles. The molecule has 0 spiro atoms. The number of aromatic hydroxyl groups is 1. The van der Waals surface area contributed by atoms with Crippen LogP contribution in [0.25, 0.3) is 0 Å². The number of phenolic OH excluding ortho intramolecular Hbond substituents is 1. The molecule has 1 atom stereocenters. The van der Waals surface area contributed by atoms with Crippen LogP contribution < -0.4 is 5.32 Å². The van der Waals surface area contributed by atoms with E-state index in [0.717, 1.165) is 43.7 Å². The molecule has 2 rings (SSSR count). The van der Waals surface area contributed by atoms with Crippen molar-refractivity contribution in [3.8, 4) is 5.75 Å². The maximum atomic E-state index is 12.9. The molecule has 1 aliphatic carbocycles. The number of nitrogens with one attached hydrogen (secondary N) is 1. The molecule has 0 amide bonds. The Kier molecular flexibility index (Phi) is 5.16. The van der Waals surface area contributed by atoms with Crippen molar-refractivity contribution in [1.29, 1.82) is 0 Å². The Morgan fingerprint density at radius 1 is 1.47 bits per heavy atom. The predicted octanol–water partition coefficient (Wildman–Crippen LogP) is 3.00. The minimum atomic E-state index is -0.415. The van der Waals surface area contributed by atoms with E-state index in [1.165, 1.54) is 18.9 Å². The van der Waals surface area contributed by atoms with Crippen molar-refractivity contribution in [2.75, 3.05) is 19.8 Å². The molecule has 1 fully saturated rings. The lowest BCUT2D eigenvalue weighted by molar-refractivity contribution is 0.121. The standard InChI is InChI=1S/C15H22FNO2/c1-11(14-6-5-13(16)9-15(14)18)17-7-2-8-19-10-12-3-4-12/h5-6,9,11-12,17-18H,2-4,7-8,10H2,1H3. The minimum Gasteiger partial charge on any atom is -0.508 e. The highest BCUT2D eigenvalue weighted by molar-refractivity contribution is 5.34. The molecule has 0 bridgehead atoms. The number of ether oxygens (including phenoxy) is 1. The van der Waals surface area contributed by atoms with Gasteiger partial charge in [-0.25, -0.2) is 4.39 Å². The Hall–Kier alpha value is -1.13. The summed E-state index contributed by atoms with van der Waals surface area (Å²) < 4.78 is 18.4. The van der Waals surface area contributed by atoms with E-state index in [0.29, 0.717) is 0 Å². The third-order valence-electron chi connectivity index (χ3n) is 3.43. The zero-order chi connectivity index (χ0) is 13.7. The van der Waals surface area contributed by atoms with E-state index < -0.39 is 5.82 Å². The van der Waals surface area contributed by atoms with Gasteiger partial charge in [-0.3, -0.25) is 0 Å². The van der Waals surface area contributed by atoms with Gasteiger partial charge < -0.3 is 15.2 Å². The molecule has 0 radical (unpaired) electrons. The fraction of sp³-hybridized carbons (Fsp3) is 0.600. The number of rotatable bonds is 8. The van der Waals surface area contributed by atoms with Crippen LogP contribution in [0, 0.1) is 11.7 Å². The van der Waals surface area contributed by atoms with E-state index in [2.05, 4.69) is 5.32 Å². The highest BCUT2D eigenvalue weighted by atomic mass is 19.1. The second-order valence-corrected chi connectivity index (χ2v) is 5.25. The molecular formula is C15H22FNO2. The SMILES string of the molecule is CC(NCCCOCC1CC1)c1ccc(F)cc1O. The van der Waals surface area contributed by atoms with E-state index in [1.807, 2.05) is 6.92 Å². The zero-order valence-electron chi connectivity index (χ0n) is 11.4. The molecule has 1 saturated carbocycles.